The van der Waals surface area contributed by atoms with Crippen molar-refractivity contribution in [2.45, 2.75) is 13.0 Å². The Bertz CT molecular complexity index is 978. The lowest BCUT2D eigenvalue weighted by Gasteiger charge is -2.31. The topological polar surface area (TPSA) is 93.5 Å². The summed E-state index contributed by atoms with van der Waals surface area (Å²) in [6, 6.07) is 12.8. The Morgan fingerprint density at radius 2 is 2.00 bits per heavy atom. The fraction of sp³-hybridized carbons (Fsp3) is 0.158. The van der Waals surface area contributed by atoms with E-state index in [4.69, 9.17) is 28.6 Å². The molecule has 1 aliphatic rings. The molecule has 0 aromatic heterocycles. The van der Waals surface area contributed by atoms with Crippen molar-refractivity contribution in [3.8, 4) is 0 Å². The predicted molar refractivity (Wildman–Crippen MR) is 110 cm³/mol. The second kappa shape index (κ2) is 8.37. The first-order chi connectivity index (χ1) is 13.4. The smallest absolute Gasteiger partial charge is 0.338 e. The number of benzene rings is 2. The zero-order valence-corrected chi connectivity index (χ0v) is 16.3. The van der Waals surface area contributed by atoms with Crippen molar-refractivity contribution in [2.24, 2.45) is 0 Å². The number of hydrogen-bond acceptors (Lipinski definition) is 5. The molecular weight excluding hydrogens is 402 g/mol. The van der Waals surface area contributed by atoms with E-state index in [0.717, 1.165) is 5.56 Å². The molecule has 2 N–H and O–H groups in total. The van der Waals surface area contributed by atoms with Crippen LogP contribution in [0.15, 0.2) is 54.1 Å². The fourth-order valence-corrected chi connectivity index (χ4v) is 3.33. The lowest BCUT2D eigenvalue weighted by Crippen LogP contribution is -2.45. The summed E-state index contributed by atoms with van der Waals surface area (Å²) in [6.07, 6.45) is 0. The van der Waals surface area contributed by atoms with Crippen molar-refractivity contribution in [3.63, 3.8) is 0 Å². The maximum Gasteiger partial charge on any atom is 0.338 e. The molecule has 28 heavy (non-hydrogen) atoms. The van der Waals surface area contributed by atoms with Crippen LogP contribution in [-0.2, 0) is 9.53 Å². The summed E-state index contributed by atoms with van der Waals surface area (Å²) in [6.45, 7) is 1.89. The van der Waals surface area contributed by atoms with Gasteiger partial charge in [-0.1, -0.05) is 48.0 Å². The SMILES string of the molecule is CCOC(=O)C1=C(c2ccccc2)NC(=S)N[C@@H]1c1ccc(Cl)c([N+](=O)[O-])c1. The van der Waals surface area contributed by atoms with Crippen LogP contribution in [0.4, 0.5) is 5.69 Å². The van der Waals surface area contributed by atoms with Crippen LogP contribution in [0.3, 0.4) is 0 Å². The maximum absolute atomic E-state index is 12.8. The monoisotopic (exact) mass is 417 g/mol. The number of nitro benzene ring substituents is 1. The molecule has 1 aliphatic heterocycles. The molecule has 0 aliphatic carbocycles. The number of ether oxygens (including phenoxy) is 1. The third-order valence-electron chi connectivity index (χ3n) is 4.13. The Kier molecular flexibility index (Phi) is 5.91. The number of esters is 1. The second-order valence-electron chi connectivity index (χ2n) is 5.87. The first-order valence-corrected chi connectivity index (χ1v) is 9.19. The molecule has 0 fully saturated rings. The quantitative estimate of drug-likeness (QED) is 0.331. The van der Waals surface area contributed by atoms with Gasteiger partial charge in [-0.25, -0.2) is 4.79 Å². The number of carbonyl (C=O) groups is 1. The number of nitro groups is 1. The minimum atomic E-state index is -0.737. The molecule has 2 aromatic carbocycles. The van der Waals surface area contributed by atoms with Crippen LogP contribution in [-0.4, -0.2) is 22.6 Å². The highest BCUT2D eigenvalue weighted by Crippen LogP contribution is 2.35. The van der Waals surface area contributed by atoms with Gasteiger partial charge in [0.05, 0.1) is 28.8 Å². The summed E-state index contributed by atoms with van der Waals surface area (Å²) in [5.41, 5.74) is 1.72. The number of thiocarbonyl (C=S) groups is 1. The summed E-state index contributed by atoms with van der Waals surface area (Å²) in [5.74, 6) is -0.550. The van der Waals surface area contributed by atoms with Crippen molar-refractivity contribution in [1.29, 1.82) is 0 Å². The largest absolute Gasteiger partial charge is 0.463 e. The van der Waals surface area contributed by atoms with Crippen LogP contribution in [0, 0.1) is 10.1 Å². The predicted octanol–water partition coefficient (Wildman–Crippen LogP) is 3.74. The van der Waals surface area contributed by atoms with E-state index in [9.17, 15) is 14.9 Å². The highest BCUT2D eigenvalue weighted by atomic mass is 35.5. The Labute approximate surface area is 171 Å². The normalized spacial score (nSPS) is 16.2. The minimum absolute atomic E-state index is 0.00945. The average molecular weight is 418 g/mol. The van der Waals surface area contributed by atoms with Crippen LogP contribution < -0.4 is 10.6 Å². The summed E-state index contributed by atoms with van der Waals surface area (Å²) in [4.78, 5) is 23.5. The number of hydrogen-bond donors (Lipinski definition) is 2. The summed E-state index contributed by atoms with van der Waals surface area (Å²) < 4.78 is 5.24. The number of rotatable bonds is 5. The van der Waals surface area contributed by atoms with Gasteiger partial charge in [0.2, 0.25) is 0 Å². The molecule has 1 heterocycles. The summed E-state index contributed by atoms with van der Waals surface area (Å²) >= 11 is 11.2. The van der Waals surface area contributed by atoms with E-state index in [1.54, 1.807) is 13.0 Å². The Hall–Kier alpha value is -2.97. The van der Waals surface area contributed by atoms with Gasteiger partial charge in [0.25, 0.3) is 5.69 Å². The molecule has 0 saturated heterocycles. The van der Waals surface area contributed by atoms with Gasteiger partial charge in [-0.05, 0) is 36.3 Å². The van der Waals surface area contributed by atoms with E-state index in [2.05, 4.69) is 10.6 Å². The molecule has 0 saturated carbocycles. The maximum atomic E-state index is 12.8. The highest BCUT2D eigenvalue weighted by Gasteiger charge is 2.34. The summed E-state index contributed by atoms with van der Waals surface area (Å²) in [5, 5.41) is 17.6. The van der Waals surface area contributed by atoms with Crippen molar-refractivity contribution in [1.82, 2.24) is 10.6 Å². The van der Waals surface area contributed by atoms with Crippen LogP contribution in [0.1, 0.15) is 24.1 Å². The fourth-order valence-electron chi connectivity index (χ4n) is 2.92. The van der Waals surface area contributed by atoms with Gasteiger partial charge in [-0.3, -0.25) is 10.1 Å². The van der Waals surface area contributed by atoms with Gasteiger partial charge in [-0.2, -0.15) is 0 Å². The van der Waals surface area contributed by atoms with E-state index in [1.165, 1.54) is 12.1 Å². The number of nitrogens with zero attached hydrogens (tertiary/aromatic N) is 1. The molecule has 0 bridgehead atoms. The summed E-state index contributed by atoms with van der Waals surface area (Å²) in [7, 11) is 0. The van der Waals surface area contributed by atoms with Crippen molar-refractivity contribution >= 4 is 46.3 Å². The minimum Gasteiger partial charge on any atom is -0.463 e. The Morgan fingerprint density at radius 3 is 2.64 bits per heavy atom. The molecule has 144 valence electrons. The molecule has 0 unspecified atom stereocenters. The van der Waals surface area contributed by atoms with E-state index in [-0.39, 0.29) is 28.0 Å². The van der Waals surface area contributed by atoms with Crippen molar-refractivity contribution in [3.05, 3.63) is 80.4 Å². The Balaban J connectivity index is 2.20. The van der Waals surface area contributed by atoms with E-state index < -0.39 is 16.9 Å². The van der Waals surface area contributed by atoms with Gasteiger partial charge in [0, 0.05) is 6.07 Å². The number of nitrogens with one attached hydrogen (secondary N) is 2. The van der Waals surface area contributed by atoms with Gasteiger partial charge < -0.3 is 15.4 Å². The number of halogens is 1. The molecule has 0 radical (unpaired) electrons. The second-order valence-corrected chi connectivity index (χ2v) is 6.69. The Morgan fingerprint density at radius 1 is 1.29 bits per heavy atom. The van der Waals surface area contributed by atoms with Crippen molar-refractivity contribution in [2.75, 3.05) is 6.61 Å². The third kappa shape index (κ3) is 3.97. The third-order valence-corrected chi connectivity index (χ3v) is 4.67. The zero-order chi connectivity index (χ0) is 20.3. The molecule has 7 nitrogen and oxygen atoms in total. The zero-order valence-electron chi connectivity index (χ0n) is 14.8. The molecular formula is C19H16ClN3O4S. The molecule has 0 amide bonds. The first-order valence-electron chi connectivity index (χ1n) is 8.40. The van der Waals surface area contributed by atoms with E-state index >= 15 is 0 Å². The van der Waals surface area contributed by atoms with Crippen LogP contribution >= 0.6 is 23.8 Å². The van der Waals surface area contributed by atoms with Crippen LogP contribution in [0.5, 0.6) is 0 Å². The van der Waals surface area contributed by atoms with Gasteiger partial charge in [0.1, 0.15) is 5.02 Å². The lowest BCUT2D eigenvalue weighted by molar-refractivity contribution is -0.384. The highest BCUT2D eigenvalue weighted by molar-refractivity contribution is 7.80. The van der Waals surface area contributed by atoms with Gasteiger partial charge in [0.15, 0.2) is 5.11 Å². The molecule has 1 atom stereocenters. The van der Waals surface area contributed by atoms with Crippen LogP contribution in [0.2, 0.25) is 5.02 Å². The molecule has 3 rings (SSSR count). The molecule has 0 spiro atoms. The first kappa shape index (κ1) is 19.8. The van der Waals surface area contributed by atoms with E-state index in [1.807, 2.05) is 30.3 Å². The van der Waals surface area contributed by atoms with Crippen molar-refractivity contribution < 1.29 is 14.5 Å². The molecule has 2 aromatic rings. The standard InChI is InChI=1S/C19H16ClN3O4S/c1-2-27-18(24)15-16(11-6-4-3-5-7-11)21-19(28)22-17(15)12-8-9-13(20)14(10-12)23(25)26/h3-10,17H,2H2,1H3,(H2,21,22,28)/t17-/m1/s1. The van der Waals surface area contributed by atoms with E-state index in [0.29, 0.717) is 11.3 Å². The van der Waals surface area contributed by atoms with Crippen LogP contribution in [0.25, 0.3) is 5.70 Å². The molecule has 9 heteroatoms. The van der Waals surface area contributed by atoms with Gasteiger partial charge in [-0.15, -0.1) is 0 Å². The number of carbonyl (C=O) groups excluding carboxylic acids is 1. The average Bonchev–Trinajstić information content (AvgIpc) is 2.68. The lowest BCUT2D eigenvalue weighted by atomic mass is 9.92. The van der Waals surface area contributed by atoms with Gasteiger partial charge >= 0.3 is 5.97 Å².